The Labute approximate surface area is 144 Å². The summed E-state index contributed by atoms with van der Waals surface area (Å²) >= 11 is 0. The lowest BCUT2D eigenvalue weighted by Gasteiger charge is -2.38. The van der Waals surface area contributed by atoms with Crippen molar-refractivity contribution in [1.82, 2.24) is 14.7 Å². The van der Waals surface area contributed by atoms with E-state index in [9.17, 15) is 18.7 Å². The highest BCUT2D eigenvalue weighted by atomic mass is 19.1. The zero-order chi connectivity index (χ0) is 18.2. The molecular weight excluding hydrogens is 328 g/mol. The summed E-state index contributed by atoms with van der Waals surface area (Å²) in [5, 5.41) is 13.6. The summed E-state index contributed by atoms with van der Waals surface area (Å²) in [4.78, 5) is 14.4. The summed E-state index contributed by atoms with van der Waals surface area (Å²) < 4.78 is 29.0. The van der Waals surface area contributed by atoms with Crippen molar-refractivity contribution in [3.8, 4) is 5.69 Å². The largest absolute Gasteiger partial charge is 0.396 e. The van der Waals surface area contributed by atoms with Gasteiger partial charge in [-0.25, -0.2) is 13.5 Å². The Morgan fingerprint density at radius 2 is 1.88 bits per heavy atom. The van der Waals surface area contributed by atoms with Gasteiger partial charge in [-0.2, -0.15) is 5.10 Å². The SMILES string of the molecule is Cc1cn(-c2c(F)cccc2F)nc1C(=O)N1CCC(C)(CO)CC1. The van der Waals surface area contributed by atoms with Crippen LogP contribution in [-0.2, 0) is 0 Å². The van der Waals surface area contributed by atoms with Crippen LogP contribution >= 0.6 is 0 Å². The number of carbonyl (C=O) groups excluding carboxylic acids is 1. The molecule has 1 aromatic carbocycles. The topological polar surface area (TPSA) is 58.4 Å². The van der Waals surface area contributed by atoms with Crippen LogP contribution in [0.25, 0.3) is 5.69 Å². The summed E-state index contributed by atoms with van der Waals surface area (Å²) in [6, 6.07) is 3.58. The zero-order valence-corrected chi connectivity index (χ0v) is 14.3. The molecule has 1 aliphatic rings. The monoisotopic (exact) mass is 349 g/mol. The third-order valence-corrected chi connectivity index (χ3v) is 4.91. The van der Waals surface area contributed by atoms with Crippen LogP contribution in [0, 0.1) is 24.0 Å². The van der Waals surface area contributed by atoms with Gasteiger partial charge in [0, 0.05) is 31.5 Å². The van der Waals surface area contributed by atoms with Gasteiger partial charge in [-0.05, 0) is 37.3 Å². The van der Waals surface area contributed by atoms with Crippen LogP contribution < -0.4 is 0 Å². The summed E-state index contributed by atoms with van der Waals surface area (Å²) in [5.74, 6) is -1.73. The number of aliphatic hydroxyl groups is 1. The van der Waals surface area contributed by atoms with Crippen LogP contribution in [0.5, 0.6) is 0 Å². The molecule has 1 aliphatic heterocycles. The van der Waals surface area contributed by atoms with Crippen molar-refractivity contribution in [1.29, 1.82) is 0 Å². The average Bonchev–Trinajstić information content (AvgIpc) is 2.96. The molecule has 0 bridgehead atoms. The van der Waals surface area contributed by atoms with E-state index in [4.69, 9.17) is 0 Å². The number of para-hydroxylation sites is 1. The van der Waals surface area contributed by atoms with Gasteiger partial charge in [0.05, 0.1) is 0 Å². The summed E-state index contributed by atoms with van der Waals surface area (Å²) in [5.41, 5.74) is 0.288. The van der Waals surface area contributed by atoms with Crippen molar-refractivity contribution < 1.29 is 18.7 Å². The van der Waals surface area contributed by atoms with E-state index in [0.717, 1.165) is 16.8 Å². The molecule has 0 unspecified atom stereocenters. The van der Waals surface area contributed by atoms with Crippen molar-refractivity contribution in [3.05, 3.63) is 47.3 Å². The summed E-state index contributed by atoms with van der Waals surface area (Å²) in [6.07, 6.45) is 2.87. The molecule has 2 heterocycles. The van der Waals surface area contributed by atoms with Crippen molar-refractivity contribution in [2.45, 2.75) is 26.7 Å². The Kier molecular flexibility index (Phi) is 4.60. The summed E-state index contributed by atoms with van der Waals surface area (Å²) in [6.45, 7) is 4.83. The maximum atomic E-state index is 13.9. The number of carbonyl (C=O) groups is 1. The molecule has 7 heteroatoms. The van der Waals surface area contributed by atoms with Crippen LogP contribution in [-0.4, -0.2) is 45.4 Å². The van der Waals surface area contributed by atoms with Crippen LogP contribution in [0.4, 0.5) is 8.78 Å². The second-order valence-electron chi connectivity index (χ2n) is 6.94. The normalized spacial score (nSPS) is 16.9. The molecule has 0 aliphatic carbocycles. The first-order valence-electron chi connectivity index (χ1n) is 8.25. The van der Waals surface area contributed by atoms with Gasteiger partial charge < -0.3 is 10.0 Å². The standard InChI is InChI=1S/C18H21F2N3O2/c1-12-10-23(16-13(19)4-3-5-14(16)20)21-15(12)17(25)22-8-6-18(2,11-24)7-9-22/h3-5,10,24H,6-9,11H2,1-2H3. The van der Waals surface area contributed by atoms with Gasteiger partial charge in [0.1, 0.15) is 5.69 Å². The van der Waals surface area contributed by atoms with Crippen molar-refractivity contribution in [2.75, 3.05) is 19.7 Å². The number of hydrogen-bond acceptors (Lipinski definition) is 3. The maximum Gasteiger partial charge on any atom is 0.274 e. The first kappa shape index (κ1) is 17.5. The molecule has 25 heavy (non-hydrogen) atoms. The molecule has 0 atom stereocenters. The Morgan fingerprint density at radius 3 is 2.44 bits per heavy atom. The third kappa shape index (κ3) is 3.28. The minimum absolute atomic E-state index is 0.0925. The number of likely N-dealkylation sites (tertiary alicyclic amines) is 1. The van der Waals surface area contributed by atoms with Crippen LogP contribution in [0.1, 0.15) is 35.8 Å². The lowest BCUT2D eigenvalue weighted by Crippen LogP contribution is -2.43. The summed E-state index contributed by atoms with van der Waals surface area (Å²) in [7, 11) is 0. The highest BCUT2D eigenvalue weighted by Gasteiger charge is 2.33. The van der Waals surface area contributed by atoms with Crippen molar-refractivity contribution >= 4 is 5.91 Å². The predicted octanol–water partition coefficient (Wildman–Crippen LogP) is 2.69. The molecule has 1 fully saturated rings. The number of aliphatic hydroxyl groups excluding tert-OH is 1. The number of rotatable bonds is 3. The Bertz CT molecular complexity index is 775. The van der Waals surface area contributed by atoms with E-state index in [2.05, 4.69) is 5.10 Å². The van der Waals surface area contributed by atoms with Gasteiger partial charge in [-0.1, -0.05) is 13.0 Å². The van der Waals surface area contributed by atoms with Crippen LogP contribution in [0.2, 0.25) is 0 Å². The molecule has 2 aromatic rings. The number of nitrogens with zero attached hydrogens (tertiary/aromatic N) is 3. The quantitative estimate of drug-likeness (QED) is 0.927. The van der Waals surface area contributed by atoms with Crippen LogP contribution in [0.15, 0.2) is 24.4 Å². The minimum atomic E-state index is -0.738. The van der Waals surface area contributed by atoms with Gasteiger partial charge in [0.15, 0.2) is 17.3 Å². The van der Waals surface area contributed by atoms with E-state index in [-0.39, 0.29) is 29.3 Å². The second kappa shape index (κ2) is 6.55. The van der Waals surface area contributed by atoms with Crippen molar-refractivity contribution in [2.24, 2.45) is 5.41 Å². The van der Waals surface area contributed by atoms with E-state index < -0.39 is 11.6 Å². The molecule has 3 rings (SSSR count). The number of aryl methyl sites for hydroxylation is 1. The van der Waals surface area contributed by atoms with E-state index in [1.165, 1.54) is 12.3 Å². The molecule has 1 saturated heterocycles. The first-order valence-corrected chi connectivity index (χ1v) is 8.25. The zero-order valence-electron chi connectivity index (χ0n) is 14.3. The van der Waals surface area contributed by atoms with Crippen LogP contribution in [0.3, 0.4) is 0 Å². The number of amides is 1. The lowest BCUT2D eigenvalue weighted by molar-refractivity contribution is 0.0434. The van der Waals surface area contributed by atoms with Gasteiger partial charge in [0.25, 0.3) is 5.91 Å². The predicted molar refractivity (Wildman–Crippen MR) is 88.5 cm³/mol. The number of aromatic nitrogens is 2. The fraction of sp³-hybridized carbons (Fsp3) is 0.444. The fourth-order valence-corrected chi connectivity index (χ4v) is 3.05. The van der Waals surface area contributed by atoms with Gasteiger partial charge >= 0.3 is 0 Å². The maximum absolute atomic E-state index is 13.9. The molecule has 1 N–H and O–H groups in total. The molecule has 1 amide bonds. The van der Waals surface area contributed by atoms with E-state index in [0.29, 0.717) is 31.5 Å². The van der Waals surface area contributed by atoms with E-state index in [1.807, 2.05) is 6.92 Å². The molecule has 134 valence electrons. The first-order chi connectivity index (χ1) is 11.8. The smallest absolute Gasteiger partial charge is 0.274 e. The van der Waals surface area contributed by atoms with Gasteiger partial charge in [-0.15, -0.1) is 0 Å². The van der Waals surface area contributed by atoms with Crippen molar-refractivity contribution in [3.63, 3.8) is 0 Å². The van der Waals surface area contributed by atoms with Gasteiger partial charge in [-0.3, -0.25) is 4.79 Å². The molecule has 0 saturated carbocycles. The number of benzene rings is 1. The van der Waals surface area contributed by atoms with E-state index in [1.54, 1.807) is 11.8 Å². The third-order valence-electron chi connectivity index (χ3n) is 4.91. The average molecular weight is 349 g/mol. The fourth-order valence-electron chi connectivity index (χ4n) is 3.05. The molecule has 0 radical (unpaired) electrons. The number of piperidine rings is 1. The molecular formula is C18H21F2N3O2. The molecule has 1 aromatic heterocycles. The lowest BCUT2D eigenvalue weighted by atomic mass is 9.81. The van der Waals surface area contributed by atoms with E-state index >= 15 is 0 Å². The highest BCUT2D eigenvalue weighted by molar-refractivity contribution is 5.93. The Morgan fingerprint density at radius 1 is 1.28 bits per heavy atom. The number of hydrogen-bond donors (Lipinski definition) is 1. The Balaban J connectivity index is 1.85. The number of halogens is 2. The second-order valence-corrected chi connectivity index (χ2v) is 6.94. The Hall–Kier alpha value is -2.28. The molecule has 5 nitrogen and oxygen atoms in total. The highest BCUT2D eigenvalue weighted by Crippen LogP contribution is 2.31. The minimum Gasteiger partial charge on any atom is -0.396 e. The molecule has 0 spiro atoms. The van der Waals surface area contributed by atoms with Gasteiger partial charge in [0.2, 0.25) is 0 Å².